The van der Waals surface area contributed by atoms with Crippen LogP contribution < -0.4 is 0 Å². The summed E-state index contributed by atoms with van der Waals surface area (Å²) in [5.41, 5.74) is 4.99. The van der Waals surface area contributed by atoms with Crippen LogP contribution in [0.5, 0.6) is 0 Å². The molecule has 0 radical (unpaired) electrons. The number of hydrogen-bond acceptors (Lipinski definition) is 3. The molecule has 5 heteroatoms. The summed E-state index contributed by atoms with van der Waals surface area (Å²) in [4.78, 5) is 4.76. The van der Waals surface area contributed by atoms with Gasteiger partial charge in [-0.2, -0.15) is 5.10 Å². The lowest BCUT2D eigenvalue weighted by molar-refractivity contribution is 0.234. The molecule has 4 nitrogen and oxygen atoms in total. The highest BCUT2D eigenvalue weighted by Crippen LogP contribution is 2.27. The van der Waals surface area contributed by atoms with Crippen LogP contribution in [-0.4, -0.2) is 52.8 Å². The molecule has 0 N–H and O–H groups in total. The molecule has 1 atom stereocenters. The quantitative estimate of drug-likeness (QED) is 0.667. The number of likely N-dealkylation sites (tertiary alicyclic amines) is 1. The topological polar surface area (TPSA) is 24.3 Å². The Bertz CT molecular complexity index is 965. The summed E-state index contributed by atoms with van der Waals surface area (Å²) < 4.78 is 15.8. The van der Waals surface area contributed by atoms with Gasteiger partial charge in [0.2, 0.25) is 0 Å². The molecule has 0 bridgehead atoms. The summed E-state index contributed by atoms with van der Waals surface area (Å²) in [6.45, 7) is 5.08. The molecule has 2 heterocycles. The van der Waals surface area contributed by atoms with E-state index in [9.17, 15) is 4.39 Å². The van der Waals surface area contributed by atoms with Crippen LogP contribution in [0.1, 0.15) is 17.5 Å². The lowest BCUT2D eigenvalue weighted by Crippen LogP contribution is -2.33. The van der Waals surface area contributed by atoms with E-state index in [2.05, 4.69) is 55.2 Å². The van der Waals surface area contributed by atoms with E-state index in [1.54, 1.807) is 12.1 Å². The zero-order valence-corrected chi connectivity index (χ0v) is 16.8. The molecule has 0 aliphatic carbocycles. The summed E-state index contributed by atoms with van der Waals surface area (Å²) in [6, 6.07) is 15.5. The fraction of sp³-hybridized carbons (Fsp3) is 0.348. The van der Waals surface area contributed by atoms with Gasteiger partial charge in [0.1, 0.15) is 5.82 Å². The number of rotatable bonds is 5. The number of aryl methyl sites for hydroxylation is 1. The summed E-state index contributed by atoms with van der Waals surface area (Å²) in [7, 11) is 4.34. The van der Waals surface area contributed by atoms with E-state index in [4.69, 9.17) is 5.10 Å². The van der Waals surface area contributed by atoms with Crippen LogP contribution in [0.15, 0.2) is 54.7 Å². The summed E-state index contributed by atoms with van der Waals surface area (Å²) >= 11 is 0. The Morgan fingerprint density at radius 1 is 1.18 bits per heavy atom. The van der Waals surface area contributed by atoms with Crippen LogP contribution in [0.3, 0.4) is 0 Å². The van der Waals surface area contributed by atoms with Crippen LogP contribution in [0.4, 0.5) is 4.39 Å². The van der Waals surface area contributed by atoms with Crippen LogP contribution in [0.2, 0.25) is 0 Å². The van der Waals surface area contributed by atoms with Crippen LogP contribution >= 0.6 is 0 Å². The third-order valence-electron chi connectivity index (χ3n) is 5.56. The predicted molar refractivity (Wildman–Crippen MR) is 111 cm³/mol. The van der Waals surface area contributed by atoms with Gasteiger partial charge in [0.05, 0.1) is 11.4 Å². The van der Waals surface area contributed by atoms with Crippen LogP contribution in [0.25, 0.3) is 16.9 Å². The van der Waals surface area contributed by atoms with Gasteiger partial charge >= 0.3 is 0 Å². The van der Waals surface area contributed by atoms with Crippen molar-refractivity contribution in [2.24, 2.45) is 0 Å². The van der Waals surface area contributed by atoms with Crippen molar-refractivity contribution in [1.82, 2.24) is 19.6 Å². The SMILES string of the molecule is Cc1cccc(-n2cc(CN(C)[C@@H]3CCN(C)C3)c(-c3cccc(F)c3)n2)c1. The molecule has 1 aliphatic heterocycles. The smallest absolute Gasteiger partial charge is 0.123 e. The average molecular weight is 378 g/mol. The molecule has 1 aromatic heterocycles. The number of aromatic nitrogens is 2. The minimum Gasteiger partial charge on any atom is -0.305 e. The van der Waals surface area contributed by atoms with E-state index in [-0.39, 0.29) is 5.82 Å². The molecule has 0 unspecified atom stereocenters. The van der Waals surface area contributed by atoms with E-state index in [0.29, 0.717) is 6.04 Å². The highest BCUT2D eigenvalue weighted by Gasteiger charge is 2.24. The number of hydrogen-bond donors (Lipinski definition) is 0. The maximum absolute atomic E-state index is 13.9. The molecule has 28 heavy (non-hydrogen) atoms. The van der Waals surface area contributed by atoms with Gasteiger partial charge in [-0.1, -0.05) is 24.3 Å². The van der Waals surface area contributed by atoms with E-state index in [1.807, 2.05) is 16.8 Å². The summed E-state index contributed by atoms with van der Waals surface area (Å²) in [6.07, 6.45) is 3.26. The molecule has 0 saturated carbocycles. The van der Waals surface area contributed by atoms with Crippen molar-refractivity contribution < 1.29 is 4.39 Å². The molecule has 2 aromatic carbocycles. The molecule has 0 amide bonds. The van der Waals surface area contributed by atoms with E-state index in [1.165, 1.54) is 18.1 Å². The Morgan fingerprint density at radius 3 is 2.71 bits per heavy atom. The molecule has 0 spiro atoms. The lowest BCUT2D eigenvalue weighted by atomic mass is 10.1. The lowest BCUT2D eigenvalue weighted by Gasteiger charge is -2.24. The maximum atomic E-state index is 13.9. The van der Waals surface area contributed by atoms with Crippen molar-refractivity contribution in [3.05, 3.63) is 71.7 Å². The van der Waals surface area contributed by atoms with Crippen molar-refractivity contribution in [2.45, 2.75) is 25.9 Å². The van der Waals surface area contributed by atoms with Crippen molar-refractivity contribution in [1.29, 1.82) is 0 Å². The average Bonchev–Trinajstić information content (AvgIpc) is 3.28. The highest BCUT2D eigenvalue weighted by atomic mass is 19.1. The number of nitrogens with zero attached hydrogens (tertiary/aromatic N) is 4. The fourth-order valence-electron chi connectivity index (χ4n) is 3.98. The van der Waals surface area contributed by atoms with Gasteiger partial charge in [0.15, 0.2) is 0 Å². The first-order valence-corrected chi connectivity index (χ1v) is 9.80. The largest absolute Gasteiger partial charge is 0.305 e. The number of likely N-dealkylation sites (N-methyl/N-ethyl adjacent to an activating group) is 2. The van der Waals surface area contributed by atoms with Crippen molar-refractivity contribution in [3.8, 4) is 16.9 Å². The molecule has 4 rings (SSSR count). The Balaban J connectivity index is 1.70. The number of benzene rings is 2. The molecular weight excluding hydrogens is 351 g/mol. The second-order valence-corrected chi connectivity index (χ2v) is 7.92. The monoisotopic (exact) mass is 378 g/mol. The van der Waals surface area contributed by atoms with Crippen molar-refractivity contribution in [2.75, 3.05) is 27.2 Å². The van der Waals surface area contributed by atoms with Crippen LogP contribution in [-0.2, 0) is 6.54 Å². The standard InChI is InChI=1S/C23H27FN4/c1-17-6-4-9-21(12-17)28-15-19(14-27(3)22-10-11-26(2)16-22)23(25-28)18-7-5-8-20(24)13-18/h4-9,12-13,15,22H,10-11,14,16H2,1-3H3/t22-/m1/s1. The minimum atomic E-state index is -0.237. The van der Waals surface area contributed by atoms with E-state index >= 15 is 0 Å². The van der Waals surface area contributed by atoms with Gasteiger partial charge in [-0.3, -0.25) is 4.90 Å². The Labute approximate surface area is 166 Å². The maximum Gasteiger partial charge on any atom is 0.123 e. The predicted octanol–water partition coefficient (Wildman–Crippen LogP) is 4.12. The van der Waals surface area contributed by atoms with Gasteiger partial charge in [0, 0.05) is 36.5 Å². The first-order valence-electron chi connectivity index (χ1n) is 9.80. The molecule has 1 saturated heterocycles. The van der Waals surface area contributed by atoms with Gasteiger partial charge in [0.25, 0.3) is 0 Å². The van der Waals surface area contributed by atoms with E-state index in [0.717, 1.165) is 42.1 Å². The zero-order chi connectivity index (χ0) is 19.7. The van der Waals surface area contributed by atoms with Gasteiger partial charge < -0.3 is 4.90 Å². The molecule has 1 fully saturated rings. The second-order valence-electron chi connectivity index (χ2n) is 7.92. The highest BCUT2D eigenvalue weighted by molar-refractivity contribution is 5.63. The fourth-order valence-corrected chi connectivity index (χ4v) is 3.98. The Hall–Kier alpha value is -2.50. The molecule has 3 aromatic rings. The first kappa shape index (κ1) is 18.8. The Kier molecular flexibility index (Phi) is 5.29. The molecular formula is C23H27FN4. The van der Waals surface area contributed by atoms with Crippen molar-refractivity contribution in [3.63, 3.8) is 0 Å². The zero-order valence-electron chi connectivity index (χ0n) is 16.8. The molecule has 146 valence electrons. The molecule has 1 aliphatic rings. The summed E-state index contributed by atoms with van der Waals surface area (Å²) in [5.74, 6) is -0.237. The van der Waals surface area contributed by atoms with Gasteiger partial charge in [-0.05, 0) is 63.8 Å². The number of halogens is 1. The van der Waals surface area contributed by atoms with E-state index < -0.39 is 0 Å². The third-order valence-corrected chi connectivity index (χ3v) is 5.56. The minimum absolute atomic E-state index is 0.237. The van der Waals surface area contributed by atoms with Gasteiger partial charge in [-0.25, -0.2) is 9.07 Å². The summed E-state index contributed by atoms with van der Waals surface area (Å²) in [5, 5.41) is 4.84. The van der Waals surface area contributed by atoms with Crippen molar-refractivity contribution >= 4 is 0 Å². The van der Waals surface area contributed by atoms with Crippen LogP contribution in [0, 0.1) is 12.7 Å². The first-order chi connectivity index (χ1) is 13.5. The Morgan fingerprint density at radius 2 is 2.00 bits per heavy atom. The van der Waals surface area contributed by atoms with Gasteiger partial charge in [-0.15, -0.1) is 0 Å². The second kappa shape index (κ2) is 7.86. The normalized spacial score (nSPS) is 17.5. The third kappa shape index (κ3) is 4.01.